The van der Waals surface area contributed by atoms with Crippen LogP contribution >= 0.6 is 0 Å². The summed E-state index contributed by atoms with van der Waals surface area (Å²) in [5.74, 6) is 0. The number of nitrogen functional groups attached to an aromatic ring is 1. The molecule has 0 aliphatic carbocycles. The molecule has 0 spiro atoms. The van der Waals surface area contributed by atoms with Crippen molar-refractivity contribution in [2.24, 2.45) is 5.11 Å². The molecule has 0 saturated carbocycles. The molecule has 0 radical (unpaired) electrons. The number of azide groups is 1. The molecule has 18 heavy (non-hydrogen) atoms. The Morgan fingerprint density at radius 1 is 1.39 bits per heavy atom. The lowest BCUT2D eigenvalue weighted by molar-refractivity contribution is -0.137. The van der Waals surface area contributed by atoms with E-state index in [1.807, 2.05) is 0 Å². The van der Waals surface area contributed by atoms with E-state index in [-0.39, 0.29) is 17.8 Å². The zero-order valence-corrected chi connectivity index (χ0v) is 9.35. The van der Waals surface area contributed by atoms with Crippen molar-refractivity contribution in [1.82, 2.24) is 0 Å². The molecule has 0 fully saturated rings. The molecular formula is C11H11F3N4. The highest BCUT2D eigenvalue weighted by molar-refractivity contribution is 5.60. The van der Waals surface area contributed by atoms with Crippen LogP contribution in [0, 0.1) is 0 Å². The van der Waals surface area contributed by atoms with Gasteiger partial charge >= 0.3 is 6.18 Å². The van der Waals surface area contributed by atoms with Crippen molar-refractivity contribution in [3.05, 3.63) is 45.8 Å². The molecule has 0 atom stereocenters. The lowest BCUT2D eigenvalue weighted by atomic mass is 10.1. The average Bonchev–Trinajstić information content (AvgIpc) is 2.27. The summed E-state index contributed by atoms with van der Waals surface area (Å²) < 4.78 is 38.0. The first kappa shape index (κ1) is 13.9. The predicted molar refractivity (Wildman–Crippen MR) is 63.5 cm³/mol. The van der Waals surface area contributed by atoms with E-state index in [4.69, 9.17) is 11.3 Å². The molecule has 7 heteroatoms. The Hall–Kier alpha value is -2.14. The van der Waals surface area contributed by atoms with Crippen LogP contribution in [0.15, 0.2) is 29.4 Å². The summed E-state index contributed by atoms with van der Waals surface area (Å²) in [6.45, 7) is 0.205. The van der Waals surface area contributed by atoms with Crippen molar-refractivity contribution in [3.63, 3.8) is 0 Å². The fourth-order valence-corrected chi connectivity index (χ4v) is 1.36. The molecule has 0 bridgehead atoms. The van der Waals surface area contributed by atoms with Crippen LogP contribution in [0.5, 0.6) is 0 Å². The molecule has 1 rings (SSSR count). The predicted octanol–water partition coefficient (Wildman–Crippen LogP) is 4.00. The molecule has 96 valence electrons. The van der Waals surface area contributed by atoms with Crippen molar-refractivity contribution >= 4 is 11.8 Å². The number of nitrogens with two attached hydrogens (primary N) is 1. The van der Waals surface area contributed by atoms with Crippen LogP contribution in [0.4, 0.5) is 18.9 Å². The van der Waals surface area contributed by atoms with E-state index < -0.39 is 11.7 Å². The summed E-state index contributed by atoms with van der Waals surface area (Å²) in [5.41, 5.74) is 13.0. The van der Waals surface area contributed by atoms with Gasteiger partial charge in [0, 0.05) is 17.1 Å². The zero-order chi connectivity index (χ0) is 13.6. The Bertz CT molecular complexity index is 488. The lowest BCUT2D eigenvalue weighted by Crippen LogP contribution is -2.07. The second-order valence-electron chi connectivity index (χ2n) is 3.49. The molecule has 1 aromatic rings. The highest BCUT2D eigenvalue weighted by Gasteiger charge is 2.32. The minimum absolute atomic E-state index is 0.00318. The van der Waals surface area contributed by atoms with Crippen LogP contribution in [-0.2, 0) is 6.18 Å². The van der Waals surface area contributed by atoms with E-state index in [9.17, 15) is 13.2 Å². The summed E-state index contributed by atoms with van der Waals surface area (Å²) in [7, 11) is 0. The van der Waals surface area contributed by atoms with E-state index in [1.54, 1.807) is 0 Å². The van der Waals surface area contributed by atoms with Gasteiger partial charge in [-0.15, -0.1) is 0 Å². The molecule has 1 aromatic carbocycles. The van der Waals surface area contributed by atoms with Gasteiger partial charge in [0.15, 0.2) is 0 Å². The molecule has 0 aromatic heterocycles. The Morgan fingerprint density at radius 2 is 2.11 bits per heavy atom. The second kappa shape index (κ2) is 5.97. The van der Waals surface area contributed by atoms with Crippen LogP contribution < -0.4 is 5.73 Å². The van der Waals surface area contributed by atoms with Gasteiger partial charge in [0.2, 0.25) is 0 Å². The SMILES string of the molecule is [N-]=[N+]=NCCC=Cc1cc(N)ccc1C(F)(F)F. The Balaban J connectivity index is 2.92. The van der Waals surface area contributed by atoms with Crippen molar-refractivity contribution in [3.8, 4) is 0 Å². The van der Waals surface area contributed by atoms with Crippen LogP contribution in [-0.4, -0.2) is 6.54 Å². The minimum Gasteiger partial charge on any atom is -0.399 e. The second-order valence-corrected chi connectivity index (χ2v) is 3.49. The molecule has 0 aliphatic heterocycles. The van der Waals surface area contributed by atoms with E-state index in [0.29, 0.717) is 6.42 Å². The lowest BCUT2D eigenvalue weighted by Gasteiger charge is -2.10. The quantitative estimate of drug-likeness (QED) is 0.285. The van der Waals surface area contributed by atoms with Crippen molar-refractivity contribution in [1.29, 1.82) is 0 Å². The maximum atomic E-state index is 12.7. The van der Waals surface area contributed by atoms with Crippen LogP contribution in [0.3, 0.4) is 0 Å². The van der Waals surface area contributed by atoms with Crippen LogP contribution in [0.2, 0.25) is 0 Å². The number of halogens is 3. The van der Waals surface area contributed by atoms with E-state index in [1.165, 1.54) is 24.3 Å². The van der Waals surface area contributed by atoms with Gasteiger partial charge < -0.3 is 5.73 Å². The first-order chi connectivity index (χ1) is 8.45. The standard InChI is InChI=1S/C11H11F3N4/c12-11(13,14)10-5-4-9(15)7-8(10)3-1-2-6-17-18-16/h1,3-5,7H,2,6,15H2. The molecule has 0 unspecified atom stereocenters. The smallest absolute Gasteiger partial charge is 0.399 e. The van der Waals surface area contributed by atoms with E-state index in [2.05, 4.69) is 10.0 Å². The monoisotopic (exact) mass is 256 g/mol. The molecular weight excluding hydrogens is 245 g/mol. The first-order valence-corrected chi connectivity index (χ1v) is 5.09. The summed E-state index contributed by atoms with van der Waals surface area (Å²) >= 11 is 0. The third-order valence-corrected chi connectivity index (χ3v) is 2.14. The number of anilines is 1. The van der Waals surface area contributed by atoms with Gasteiger partial charge in [-0.05, 0) is 35.7 Å². The van der Waals surface area contributed by atoms with E-state index in [0.717, 1.165) is 6.07 Å². The van der Waals surface area contributed by atoms with Crippen molar-refractivity contribution in [2.45, 2.75) is 12.6 Å². The van der Waals surface area contributed by atoms with Gasteiger partial charge in [-0.2, -0.15) is 13.2 Å². The highest BCUT2D eigenvalue weighted by atomic mass is 19.4. The average molecular weight is 256 g/mol. The Morgan fingerprint density at radius 3 is 2.72 bits per heavy atom. The molecule has 2 N–H and O–H groups in total. The number of hydrogen-bond acceptors (Lipinski definition) is 2. The van der Waals surface area contributed by atoms with Crippen LogP contribution in [0.25, 0.3) is 16.5 Å². The minimum atomic E-state index is -4.42. The molecule has 0 heterocycles. The van der Waals surface area contributed by atoms with Gasteiger partial charge in [-0.1, -0.05) is 17.3 Å². The van der Waals surface area contributed by atoms with Gasteiger partial charge in [-0.3, -0.25) is 0 Å². The van der Waals surface area contributed by atoms with Gasteiger partial charge in [-0.25, -0.2) is 0 Å². The number of benzene rings is 1. The largest absolute Gasteiger partial charge is 0.416 e. The zero-order valence-electron chi connectivity index (χ0n) is 9.35. The number of nitrogens with zero attached hydrogens (tertiary/aromatic N) is 3. The highest BCUT2D eigenvalue weighted by Crippen LogP contribution is 2.33. The van der Waals surface area contributed by atoms with Gasteiger partial charge in [0.1, 0.15) is 0 Å². The maximum Gasteiger partial charge on any atom is 0.416 e. The molecule has 4 nitrogen and oxygen atoms in total. The van der Waals surface area contributed by atoms with E-state index >= 15 is 0 Å². The Labute approximate surface area is 102 Å². The van der Waals surface area contributed by atoms with Gasteiger partial charge in [0.25, 0.3) is 0 Å². The molecule has 0 amide bonds. The summed E-state index contributed by atoms with van der Waals surface area (Å²) in [6.07, 6.45) is -1.21. The normalized spacial score (nSPS) is 11.5. The fourth-order valence-electron chi connectivity index (χ4n) is 1.36. The summed E-state index contributed by atoms with van der Waals surface area (Å²) in [4.78, 5) is 2.54. The third kappa shape index (κ3) is 4.03. The van der Waals surface area contributed by atoms with Gasteiger partial charge in [0.05, 0.1) is 5.56 Å². The molecule has 0 aliphatic rings. The molecule has 0 saturated heterocycles. The number of hydrogen-bond donors (Lipinski definition) is 1. The topological polar surface area (TPSA) is 74.8 Å². The Kier molecular flexibility index (Phi) is 4.62. The third-order valence-electron chi connectivity index (χ3n) is 2.14. The van der Waals surface area contributed by atoms with Crippen LogP contribution in [0.1, 0.15) is 17.5 Å². The number of rotatable bonds is 4. The number of alkyl halides is 3. The maximum absolute atomic E-state index is 12.7. The van der Waals surface area contributed by atoms with Crippen molar-refractivity contribution < 1.29 is 13.2 Å². The first-order valence-electron chi connectivity index (χ1n) is 5.09. The fraction of sp³-hybridized carbons (Fsp3) is 0.273. The van der Waals surface area contributed by atoms with Crippen molar-refractivity contribution in [2.75, 3.05) is 12.3 Å². The summed E-state index contributed by atoms with van der Waals surface area (Å²) in [6, 6.07) is 3.41. The summed E-state index contributed by atoms with van der Waals surface area (Å²) in [5, 5.41) is 3.27.